The summed E-state index contributed by atoms with van der Waals surface area (Å²) in [5.41, 5.74) is 15.1. The van der Waals surface area contributed by atoms with E-state index in [2.05, 4.69) is 9.98 Å². The number of benzene rings is 3. The van der Waals surface area contributed by atoms with Crippen LogP contribution >= 0.6 is 0 Å². The summed E-state index contributed by atoms with van der Waals surface area (Å²) in [6, 6.07) is 18.8. The normalized spacial score (nSPS) is 11.5. The molecule has 7 N–H and O–H groups in total. The first-order valence-corrected chi connectivity index (χ1v) is 10.8. The standard InChI is InChI=1S/C26H24FN5O3/c27-18-7-10-20-21(13-18)32-25(35)23(20)24(17-3-1-2-15(12-17)6-11-22(33)34)31-19-8-4-16(5-9-19)14-30-26(28)29/h1-5,7-10,12-13,32,35H,6,11,14H2,(H,33,34)(H4,28,29,30). The average Bonchev–Trinajstić information content (AvgIpc) is 3.15. The number of aliphatic imine (C=N–C) groups is 2. The number of nitrogens with one attached hydrogen (secondary N) is 1. The molecule has 0 spiro atoms. The van der Waals surface area contributed by atoms with Gasteiger partial charge in [-0.2, -0.15) is 0 Å². The van der Waals surface area contributed by atoms with Gasteiger partial charge in [0.1, 0.15) is 5.82 Å². The molecule has 0 atom stereocenters. The summed E-state index contributed by atoms with van der Waals surface area (Å²) < 4.78 is 13.8. The third kappa shape index (κ3) is 5.64. The number of H-pyrrole nitrogens is 1. The highest BCUT2D eigenvalue weighted by Crippen LogP contribution is 2.32. The molecule has 0 amide bonds. The molecular formula is C26H24FN5O3. The fourth-order valence-electron chi connectivity index (χ4n) is 3.77. The second-order valence-electron chi connectivity index (χ2n) is 8.00. The number of hydrogen-bond donors (Lipinski definition) is 5. The number of guanidine groups is 1. The molecule has 4 rings (SSSR count). The van der Waals surface area contributed by atoms with Crippen LogP contribution in [0.4, 0.5) is 10.1 Å². The molecule has 0 bridgehead atoms. The van der Waals surface area contributed by atoms with E-state index in [9.17, 15) is 14.3 Å². The monoisotopic (exact) mass is 473 g/mol. The number of aromatic nitrogens is 1. The minimum Gasteiger partial charge on any atom is -0.494 e. The van der Waals surface area contributed by atoms with E-state index in [1.54, 1.807) is 18.2 Å². The number of halogens is 1. The molecule has 0 aliphatic heterocycles. The minimum atomic E-state index is -0.888. The van der Waals surface area contributed by atoms with Gasteiger partial charge in [0.05, 0.1) is 29.0 Å². The number of carboxylic acids is 1. The fourth-order valence-corrected chi connectivity index (χ4v) is 3.77. The lowest BCUT2D eigenvalue weighted by molar-refractivity contribution is -0.136. The zero-order valence-electron chi connectivity index (χ0n) is 18.7. The molecule has 0 saturated heterocycles. The maximum Gasteiger partial charge on any atom is 0.303 e. The van der Waals surface area contributed by atoms with E-state index >= 15 is 0 Å². The van der Waals surface area contributed by atoms with Gasteiger partial charge in [0.15, 0.2) is 11.8 Å². The molecule has 0 saturated carbocycles. The summed E-state index contributed by atoms with van der Waals surface area (Å²) in [4.78, 5) is 22.7. The van der Waals surface area contributed by atoms with Crippen molar-refractivity contribution >= 4 is 34.2 Å². The zero-order valence-corrected chi connectivity index (χ0v) is 18.7. The number of nitrogens with two attached hydrogens (primary N) is 2. The highest BCUT2D eigenvalue weighted by atomic mass is 19.1. The van der Waals surface area contributed by atoms with Gasteiger partial charge in [-0.25, -0.2) is 14.4 Å². The second kappa shape index (κ2) is 10.1. The number of aromatic amines is 1. The molecule has 0 aliphatic carbocycles. The summed E-state index contributed by atoms with van der Waals surface area (Å²) in [7, 11) is 0. The van der Waals surface area contributed by atoms with E-state index in [1.807, 2.05) is 36.4 Å². The number of aliphatic carboxylic acids is 1. The van der Waals surface area contributed by atoms with Gasteiger partial charge in [-0.15, -0.1) is 0 Å². The predicted molar refractivity (Wildman–Crippen MR) is 134 cm³/mol. The molecule has 35 heavy (non-hydrogen) atoms. The van der Waals surface area contributed by atoms with Crippen molar-refractivity contribution in [1.82, 2.24) is 4.98 Å². The Bertz CT molecular complexity index is 1440. The lowest BCUT2D eigenvalue weighted by Gasteiger charge is -2.10. The van der Waals surface area contributed by atoms with Crippen LogP contribution in [0.3, 0.4) is 0 Å². The van der Waals surface area contributed by atoms with Crippen LogP contribution in [0.25, 0.3) is 10.9 Å². The minimum absolute atomic E-state index is 0.00316. The summed E-state index contributed by atoms with van der Waals surface area (Å²) in [6.07, 6.45) is 0.339. The number of carbonyl (C=O) groups is 1. The number of aryl methyl sites for hydroxylation is 1. The van der Waals surface area contributed by atoms with Crippen LogP contribution in [0.1, 0.15) is 28.7 Å². The number of rotatable bonds is 8. The number of nitrogens with zero attached hydrogens (tertiary/aromatic N) is 2. The van der Waals surface area contributed by atoms with Gasteiger partial charge in [-0.05, 0) is 53.9 Å². The number of fused-ring (bicyclic) bond motifs is 1. The Morgan fingerprint density at radius 3 is 2.49 bits per heavy atom. The van der Waals surface area contributed by atoms with Crippen LogP contribution in [-0.2, 0) is 17.8 Å². The van der Waals surface area contributed by atoms with E-state index in [4.69, 9.17) is 21.6 Å². The second-order valence-corrected chi connectivity index (χ2v) is 8.00. The van der Waals surface area contributed by atoms with Gasteiger partial charge in [0.2, 0.25) is 0 Å². The average molecular weight is 474 g/mol. The number of aromatic hydroxyl groups is 1. The molecule has 178 valence electrons. The topological polar surface area (TPSA) is 150 Å². The van der Waals surface area contributed by atoms with Gasteiger partial charge < -0.3 is 26.7 Å². The van der Waals surface area contributed by atoms with E-state index in [0.29, 0.717) is 46.4 Å². The van der Waals surface area contributed by atoms with Crippen molar-refractivity contribution in [3.63, 3.8) is 0 Å². The molecule has 1 heterocycles. The van der Waals surface area contributed by atoms with Crippen molar-refractivity contribution in [1.29, 1.82) is 0 Å². The first-order chi connectivity index (χ1) is 16.8. The van der Waals surface area contributed by atoms with Crippen molar-refractivity contribution in [2.75, 3.05) is 0 Å². The van der Waals surface area contributed by atoms with Gasteiger partial charge >= 0.3 is 5.97 Å². The third-order valence-corrected chi connectivity index (χ3v) is 5.43. The summed E-state index contributed by atoms with van der Waals surface area (Å²) >= 11 is 0. The van der Waals surface area contributed by atoms with E-state index in [0.717, 1.165) is 11.1 Å². The van der Waals surface area contributed by atoms with Crippen LogP contribution < -0.4 is 11.5 Å². The molecule has 0 radical (unpaired) electrons. The molecule has 0 unspecified atom stereocenters. The predicted octanol–water partition coefficient (Wildman–Crippen LogP) is 3.97. The molecular weight excluding hydrogens is 449 g/mol. The van der Waals surface area contributed by atoms with Crippen LogP contribution in [0.5, 0.6) is 5.88 Å². The molecule has 9 heteroatoms. The largest absolute Gasteiger partial charge is 0.494 e. The van der Waals surface area contributed by atoms with E-state index in [-0.39, 0.29) is 18.3 Å². The Balaban J connectivity index is 1.83. The fraction of sp³-hybridized carbons (Fsp3) is 0.115. The first kappa shape index (κ1) is 23.5. The van der Waals surface area contributed by atoms with Crippen molar-refractivity contribution < 1.29 is 19.4 Å². The molecule has 1 aromatic heterocycles. The lowest BCUT2D eigenvalue weighted by atomic mass is 9.97. The third-order valence-electron chi connectivity index (χ3n) is 5.43. The quantitative estimate of drug-likeness (QED) is 0.194. The summed E-state index contributed by atoms with van der Waals surface area (Å²) in [5, 5.41) is 20.4. The van der Waals surface area contributed by atoms with E-state index in [1.165, 1.54) is 12.1 Å². The maximum absolute atomic E-state index is 13.8. The first-order valence-electron chi connectivity index (χ1n) is 10.8. The van der Waals surface area contributed by atoms with Crippen molar-refractivity contribution in [3.05, 3.63) is 94.8 Å². The Kier molecular flexibility index (Phi) is 6.77. The Morgan fingerprint density at radius 2 is 1.77 bits per heavy atom. The smallest absolute Gasteiger partial charge is 0.303 e. The van der Waals surface area contributed by atoms with Crippen LogP contribution in [0.15, 0.2) is 76.7 Å². The molecule has 0 fully saturated rings. The maximum atomic E-state index is 13.8. The van der Waals surface area contributed by atoms with Gasteiger partial charge in [0, 0.05) is 17.4 Å². The highest BCUT2D eigenvalue weighted by molar-refractivity contribution is 6.21. The molecule has 3 aromatic carbocycles. The summed E-state index contributed by atoms with van der Waals surface area (Å²) in [5.74, 6) is -1.47. The van der Waals surface area contributed by atoms with E-state index < -0.39 is 11.8 Å². The van der Waals surface area contributed by atoms with Crippen LogP contribution in [0, 0.1) is 5.82 Å². The zero-order chi connectivity index (χ0) is 24.9. The molecule has 4 aromatic rings. The van der Waals surface area contributed by atoms with Crippen molar-refractivity contribution in [2.45, 2.75) is 19.4 Å². The molecule has 0 aliphatic rings. The van der Waals surface area contributed by atoms with Crippen molar-refractivity contribution in [2.24, 2.45) is 21.5 Å². The lowest BCUT2D eigenvalue weighted by Crippen LogP contribution is -2.22. The SMILES string of the molecule is NC(N)=NCc1ccc(N=C(c2cccc(CCC(=O)O)c2)c2c(O)[nH]c3cc(F)ccc23)cc1. The Hall–Kier alpha value is -4.66. The highest BCUT2D eigenvalue weighted by Gasteiger charge is 2.19. The van der Waals surface area contributed by atoms with Gasteiger partial charge in [0.25, 0.3) is 0 Å². The number of carboxylic acid groups (broad SMARTS) is 1. The Morgan fingerprint density at radius 1 is 1.00 bits per heavy atom. The Labute approximate surface area is 200 Å². The van der Waals surface area contributed by atoms with Gasteiger partial charge in [-0.1, -0.05) is 30.3 Å². The summed E-state index contributed by atoms with van der Waals surface area (Å²) in [6.45, 7) is 0.333. The molecule has 8 nitrogen and oxygen atoms in total. The van der Waals surface area contributed by atoms with Crippen LogP contribution in [-0.4, -0.2) is 32.8 Å². The van der Waals surface area contributed by atoms with Crippen molar-refractivity contribution in [3.8, 4) is 5.88 Å². The number of hydrogen-bond acceptors (Lipinski definition) is 4. The van der Waals surface area contributed by atoms with Crippen LogP contribution in [0.2, 0.25) is 0 Å². The van der Waals surface area contributed by atoms with Gasteiger partial charge in [-0.3, -0.25) is 4.79 Å².